The van der Waals surface area contributed by atoms with E-state index in [2.05, 4.69) is 25.6 Å². The zero-order chi connectivity index (χ0) is 25.9. The predicted molar refractivity (Wildman–Crippen MR) is 126 cm³/mol. The lowest BCUT2D eigenvalue weighted by molar-refractivity contribution is -0.140. The molecule has 0 aliphatic heterocycles. The number of rotatable bonds is 8. The Balaban J connectivity index is 1.81. The molecule has 0 aromatic carbocycles. The number of methoxy groups -OCH3 is 1. The molecule has 2 N–H and O–H groups in total. The molecule has 0 unspecified atom stereocenters. The number of nitrogens with one attached hydrogen (secondary N) is 2. The van der Waals surface area contributed by atoms with E-state index in [0.29, 0.717) is 30.2 Å². The molecule has 3 aromatic rings. The van der Waals surface area contributed by atoms with Crippen molar-refractivity contribution in [3.8, 4) is 27.6 Å². The molecule has 9 nitrogen and oxygen atoms in total. The van der Waals surface area contributed by atoms with E-state index in [1.807, 2.05) is 0 Å². The Morgan fingerprint density at radius 2 is 1.94 bits per heavy atom. The number of carbonyl (C=O) groups excluding carboxylic acids is 2. The molecule has 3 aromatic heterocycles. The summed E-state index contributed by atoms with van der Waals surface area (Å²) in [4.78, 5) is 36.4. The molecule has 4 rings (SSSR count). The number of anilines is 1. The van der Waals surface area contributed by atoms with Gasteiger partial charge in [-0.3, -0.25) is 5.32 Å². The summed E-state index contributed by atoms with van der Waals surface area (Å²) in [6, 6.07) is 3.91. The number of amides is 2. The molecule has 3 heterocycles. The number of carbonyl (C=O) groups is 2. The Bertz CT molecular complexity index is 1280. The van der Waals surface area contributed by atoms with Crippen LogP contribution in [0.1, 0.15) is 35.9 Å². The predicted octanol–water partition coefficient (Wildman–Crippen LogP) is 5.00. The van der Waals surface area contributed by atoms with E-state index in [1.54, 1.807) is 13.0 Å². The van der Waals surface area contributed by atoms with Crippen LogP contribution in [0.25, 0.3) is 21.7 Å². The SMILES string of the molecule is CCNC(=O)Nc1cc(-c2nc(C(F)(F)F)cs2)c(-c2cc(OCC3CC3)nc(C(=O)OC)c2)cn1. The standard InChI is InChI=1S/C23H22F3N5O4S/c1-3-27-22(33)31-18-8-14(20-30-17(11-36-20)23(24,25)26)15(9-28-18)13-6-16(21(32)34-2)29-19(7-13)35-10-12-4-5-12/h6-9,11-12H,3-5,10H2,1-2H3,(H2,27,28,31,33). The molecular formula is C23H22F3N5O4S. The minimum absolute atomic E-state index is 0.0357. The summed E-state index contributed by atoms with van der Waals surface area (Å²) in [6.45, 7) is 2.54. The van der Waals surface area contributed by atoms with Crippen LogP contribution in [0.5, 0.6) is 5.88 Å². The molecule has 1 aliphatic carbocycles. The molecule has 0 radical (unpaired) electrons. The second-order valence-electron chi connectivity index (χ2n) is 7.96. The van der Waals surface area contributed by atoms with Gasteiger partial charge in [-0.05, 0) is 43.4 Å². The molecule has 0 spiro atoms. The number of esters is 1. The second-order valence-corrected chi connectivity index (χ2v) is 8.82. The van der Waals surface area contributed by atoms with Crippen molar-refractivity contribution in [1.29, 1.82) is 0 Å². The monoisotopic (exact) mass is 521 g/mol. The van der Waals surface area contributed by atoms with E-state index >= 15 is 0 Å². The Labute approximate surface area is 208 Å². The molecule has 36 heavy (non-hydrogen) atoms. The van der Waals surface area contributed by atoms with Crippen LogP contribution in [0.2, 0.25) is 0 Å². The highest BCUT2D eigenvalue weighted by atomic mass is 32.1. The van der Waals surface area contributed by atoms with Gasteiger partial charge in [0.15, 0.2) is 11.4 Å². The first-order chi connectivity index (χ1) is 17.2. The van der Waals surface area contributed by atoms with Crippen molar-refractivity contribution in [2.45, 2.75) is 25.9 Å². The average molecular weight is 522 g/mol. The van der Waals surface area contributed by atoms with E-state index < -0.39 is 23.9 Å². The highest BCUT2D eigenvalue weighted by molar-refractivity contribution is 7.13. The van der Waals surface area contributed by atoms with E-state index in [4.69, 9.17) is 9.47 Å². The first-order valence-corrected chi connectivity index (χ1v) is 11.9. The number of hydrogen-bond donors (Lipinski definition) is 2. The summed E-state index contributed by atoms with van der Waals surface area (Å²) in [7, 11) is 1.21. The normalized spacial score (nSPS) is 13.2. The lowest BCUT2D eigenvalue weighted by Crippen LogP contribution is -2.28. The topological polar surface area (TPSA) is 115 Å². The summed E-state index contributed by atoms with van der Waals surface area (Å²) in [5.41, 5.74) is -0.0313. The molecule has 2 amide bonds. The summed E-state index contributed by atoms with van der Waals surface area (Å²) in [6.07, 6.45) is -1.15. The quantitative estimate of drug-likeness (QED) is 0.401. The van der Waals surface area contributed by atoms with Gasteiger partial charge >= 0.3 is 18.2 Å². The maximum Gasteiger partial charge on any atom is 0.434 e. The van der Waals surface area contributed by atoms with Gasteiger partial charge in [-0.2, -0.15) is 13.2 Å². The number of thiazole rings is 1. The maximum absolute atomic E-state index is 13.3. The number of urea groups is 1. The Hall–Kier alpha value is -3.74. The summed E-state index contributed by atoms with van der Waals surface area (Å²) >= 11 is 0.792. The summed E-state index contributed by atoms with van der Waals surface area (Å²) in [5.74, 6) is -0.00272. The van der Waals surface area contributed by atoms with Gasteiger partial charge in [0.05, 0.1) is 13.7 Å². The van der Waals surface area contributed by atoms with Crippen LogP contribution in [0, 0.1) is 5.92 Å². The van der Waals surface area contributed by atoms with Crippen LogP contribution in [0.15, 0.2) is 29.8 Å². The van der Waals surface area contributed by atoms with Crippen LogP contribution in [0.3, 0.4) is 0 Å². The van der Waals surface area contributed by atoms with Gasteiger partial charge < -0.3 is 14.8 Å². The lowest BCUT2D eigenvalue weighted by atomic mass is 10.0. The van der Waals surface area contributed by atoms with Gasteiger partial charge in [-0.1, -0.05) is 0 Å². The Morgan fingerprint density at radius 1 is 1.17 bits per heavy atom. The molecule has 1 aliphatic rings. The van der Waals surface area contributed by atoms with Crippen LogP contribution >= 0.6 is 11.3 Å². The highest BCUT2D eigenvalue weighted by Gasteiger charge is 2.34. The van der Waals surface area contributed by atoms with Crippen molar-refractivity contribution in [3.63, 3.8) is 0 Å². The van der Waals surface area contributed by atoms with Gasteiger partial charge in [-0.25, -0.2) is 24.5 Å². The molecule has 190 valence electrons. The van der Waals surface area contributed by atoms with Gasteiger partial charge in [0.2, 0.25) is 5.88 Å². The molecule has 1 fully saturated rings. The van der Waals surface area contributed by atoms with Gasteiger partial charge in [0, 0.05) is 35.3 Å². The van der Waals surface area contributed by atoms with Crippen LogP contribution < -0.4 is 15.4 Å². The third-order valence-electron chi connectivity index (χ3n) is 5.18. The molecule has 1 saturated carbocycles. The number of pyridine rings is 2. The number of ether oxygens (including phenoxy) is 2. The van der Waals surface area contributed by atoms with Crippen molar-refractivity contribution >= 4 is 29.2 Å². The minimum Gasteiger partial charge on any atom is -0.477 e. The molecule has 0 saturated heterocycles. The first-order valence-electron chi connectivity index (χ1n) is 11.0. The van der Waals surface area contributed by atoms with E-state index in [1.165, 1.54) is 25.4 Å². The van der Waals surface area contributed by atoms with Crippen molar-refractivity contribution in [3.05, 3.63) is 41.2 Å². The average Bonchev–Trinajstić information content (AvgIpc) is 3.53. The van der Waals surface area contributed by atoms with Crippen molar-refractivity contribution in [2.24, 2.45) is 5.92 Å². The zero-order valence-corrected chi connectivity index (χ0v) is 20.1. The summed E-state index contributed by atoms with van der Waals surface area (Å²) in [5, 5.41) is 6.06. The second kappa shape index (κ2) is 10.5. The van der Waals surface area contributed by atoms with Crippen molar-refractivity contribution in [2.75, 3.05) is 25.6 Å². The van der Waals surface area contributed by atoms with Gasteiger partial charge in [-0.15, -0.1) is 11.3 Å². The Kier molecular flexibility index (Phi) is 7.38. The van der Waals surface area contributed by atoms with Crippen LogP contribution in [-0.2, 0) is 10.9 Å². The third kappa shape index (κ3) is 6.08. The number of hydrogen-bond acceptors (Lipinski definition) is 8. The third-order valence-corrected chi connectivity index (χ3v) is 6.05. The largest absolute Gasteiger partial charge is 0.477 e. The van der Waals surface area contributed by atoms with Crippen LogP contribution in [0.4, 0.5) is 23.8 Å². The number of halogens is 3. The van der Waals surface area contributed by atoms with Crippen LogP contribution in [-0.4, -0.2) is 47.2 Å². The van der Waals surface area contributed by atoms with E-state index in [-0.39, 0.29) is 28.0 Å². The number of nitrogens with zero attached hydrogens (tertiary/aromatic N) is 3. The molecule has 0 bridgehead atoms. The fraction of sp³-hybridized carbons (Fsp3) is 0.348. The fourth-order valence-electron chi connectivity index (χ4n) is 3.21. The van der Waals surface area contributed by atoms with E-state index in [0.717, 1.165) is 29.6 Å². The fourth-order valence-corrected chi connectivity index (χ4v) is 4.07. The van der Waals surface area contributed by atoms with Gasteiger partial charge in [0.1, 0.15) is 10.8 Å². The molecule has 0 atom stereocenters. The number of alkyl halides is 3. The highest BCUT2D eigenvalue weighted by Crippen LogP contribution is 2.39. The number of aromatic nitrogens is 3. The van der Waals surface area contributed by atoms with Crippen molar-refractivity contribution in [1.82, 2.24) is 20.3 Å². The summed E-state index contributed by atoms with van der Waals surface area (Å²) < 4.78 is 50.3. The molecule has 13 heteroatoms. The minimum atomic E-state index is -4.62. The zero-order valence-electron chi connectivity index (χ0n) is 19.3. The first kappa shape index (κ1) is 25.4. The molecular weight excluding hydrogens is 499 g/mol. The van der Waals surface area contributed by atoms with Gasteiger partial charge in [0.25, 0.3) is 0 Å². The Morgan fingerprint density at radius 3 is 2.58 bits per heavy atom. The lowest BCUT2D eigenvalue weighted by Gasteiger charge is -2.13. The van der Waals surface area contributed by atoms with E-state index in [9.17, 15) is 22.8 Å². The van der Waals surface area contributed by atoms with Crippen molar-refractivity contribution < 1.29 is 32.2 Å². The maximum atomic E-state index is 13.3. The smallest absolute Gasteiger partial charge is 0.434 e.